The minimum Gasteiger partial charge on any atom is -0.495 e. The second kappa shape index (κ2) is 11.2. The van der Waals surface area contributed by atoms with E-state index in [1.807, 2.05) is 60.9 Å². The molecule has 0 bridgehead atoms. The van der Waals surface area contributed by atoms with Gasteiger partial charge in [-0.2, -0.15) is 0 Å². The monoisotopic (exact) mass is 654 g/mol. The molecule has 50 heavy (non-hydrogen) atoms. The van der Waals surface area contributed by atoms with E-state index >= 15 is 9.59 Å². The van der Waals surface area contributed by atoms with Crippen molar-refractivity contribution in [1.82, 2.24) is 8.80 Å². The quantitative estimate of drug-likeness (QED) is 0.168. The number of ether oxygens (including phenoxy) is 2. The van der Waals surface area contributed by atoms with Crippen molar-refractivity contribution in [3.8, 4) is 33.8 Å². The number of hydrogen-bond donors (Lipinski definition) is 0. The topological polar surface area (TPSA) is 61.4 Å². The highest BCUT2D eigenvalue weighted by atomic mass is 16.5. The molecule has 0 unspecified atom stereocenters. The van der Waals surface area contributed by atoms with Crippen LogP contribution in [0.1, 0.15) is 25.0 Å². The van der Waals surface area contributed by atoms with Gasteiger partial charge in [-0.3, -0.25) is 18.4 Å². The molecule has 0 radical (unpaired) electrons. The lowest BCUT2D eigenvalue weighted by Crippen LogP contribution is -2.25. The summed E-state index contributed by atoms with van der Waals surface area (Å²) < 4.78 is 15.5. The third kappa shape index (κ3) is 3.90. The molecule has 6 nitrogen and oxygen atoms in total. The molecule has 0 aliphatic rings. The summed E-state index contributed by atoms with van der Waals surface area (Å²) in [5.74, 6) is 1.37. The second-order valence-corrected chi connectivity index (χ2v) is 12.8. The van der Waals surface area contributed by atoms with Crippen molar-refractivity contribution in [2.45, 2.75) is 26.7 Å². The predicted octanol–water partition coefficient (Wildman–Crippen LogP) is 9.44. The van der Waals surface area contributed by atoms with E-state index in [9.17, 15) is 0 Å². The summed E-state index contributed by atoms with van der Waals surface area (Å²) >= 11 is 0. The van der Waals surface area contributed by atoms with Gasteiger partial charge in [0, 0.05) is 45.4 Å². The van der Waals surface area contributed by atoms with Crippen molar-refractivity contribution in [3.63, 3.8) is 0 Å². The Labute approximate surface area is 287 Å². The lowest BCUT2D eigenvalue weighted by molar-refractivity contribution is 0.422. The highest BCUT2D eigenvalue weighted by molar-refractivity contribution is 6.20. The van der Waals surface area contributed by atoms with Crippen molar-refractivity contribution in [2.75, 3.05) is 14.2 Å². The van der Waals surface area contributed by atoms with Gasteiger partial charge in [0.1, 0.15) is 22.5 Å². The average molecular weight is 655 g/mol. The molecule has 0 aliphatic carbocycles. The van der Waals surface area contributed by atoms with Crippen LogP contribution in [0.2, 0.25) is 0 Å². The first-order valence-corrected chi connectivity index (χ1v) is 17.1. The molecule has 3 heterocycles. The summed E-state index contributed by atoms with van der Waals surface area (Å²) in [6, 6.07) is 32.8. The number of methoxy groups -OCH3 is 2. The van der Waals surface area contributed by atoms with E-state index in [1.165, 1.54) is 0 Å². The van der Waals surface area contributed by atoms with Gasteiger partial charge in [0.25, 0.3) is 11.1 Å². The van der Waals surface area contributed by atoms with Crippen LogP contribution in [-0.4, -0.2) is 23.0 Å². The van der Waals surface area contributed by atoms with Crippen molar-refractivity contribution >= 4 is 54.1 Å². The van der Waals surface area contributed by atoms with Crippen LogP contribution in [0.4, 0.5) is 0 Å². The third-order valence-electron chi connectivity index (χ3n) is 10.5. The number of aromatic nitrogens is 2. The number of nitrogens with zero attached hydrogens (tertiary/aromatic N) is 2. The maximum Gasteiger partial charge on any atom is 0.280 e. The third-order valence-corrected chi connectivity index (χ3v) is 10.5. The molecule has 6 aromatic carbocycles. The fourth-order valence-corrected chi connectivity index (χ4v) is 8.32. The first kappa shape index (κ1) is 30.0. The molecular formula is C44H34N2O4. The van der Waals surface area contributed by atoms with Crippen LogP contribution < -0.4 is 20.6 Å². The predicted molar refractivity (Wildman–Crippen MR) is 205 cm³/mol. The van der Waals surface area contributed by atoms with Crippen LogP contribution >= 0.6 is 0 Å². The fourth-order valence-electron chi connectivity index (χ4n) is 8.32. The molecule has 0 fully saturated rings. The zero-order valence-electron chi connectivity index (χ0n) is 28.3. The Hall–Kier alpha value is -6.14. The molecule has 0 saturated carbocycles. The Morgan fingerprint density at radius 1 is 0.440 bits per heavy atom. The van der Waals surface area contributed by atoms with Gasteiger partial charge in [-0.1, -0.05) is 111 Å². The summed E-state index contributed by atoms with van der Waals surface area (Å²) in [6.07, 6.45) is 4.95. The molecule has 0 atom stereocenters. The molecule has 9 aromatic rings. The van der Waals surface area contributed by atoms with E-state index in [-0.39, 0.29) is 11.1 Å². The van der Waals surface area contributed by atoms with Crippen LogP contribution in [0, 0.1) is 0 Å². The molecule has 0 N–H and O–H groups in total. The Balaban J connectivity index is 1.47. The number of hydrogen-bond acceptors (Lipinski definition) is 4. The van der Waals surface area contributed by atoms with E-state index in [1.54, 1.807) is 23.0 Å². The first-order valence-electron chi connectivity index (χ1n) is 17.1. The highest BCUT2D eigenvalue weighted by Gasteiger charge is 2.29. The maximum absolute atomic E-state index is 15.0. The normalized spacial score (nSPS) is 11.9. The Morgan fingerprint density at radius 3 is 1.06 bits per heavy atom. The zero-order chi connectivity index (χ0) is 34.3. The molecule has 0 saturated heterocycles. The van der Waals surface area contributed by atoms with Gasteiger partial charge in [0.15, 0.2) is 0 Å². The smallest absolute Gasteiger partial charge is 0.280 e. The van der Waals surface area contributed by atoms with Gasteiger partial charge in [0.05, 0.1) is 14.2 Å². The van der Waals surface area contributed by atoms with Gasteiger partial charge >= 0.3 is 0 Å². The minimum atomic E-state index is -0.251. The van der Waals surface area contributed by atoms with E-state index in [0.29, 0.717) is 35.4 Å². The van der Waals surface area contributed by atoms with E-state index < -0.39 is 0 Å². The SMILES string of the molecule is CCc1cn2c(=O)c3c(-c4c(OC)c5ccccc5c5ccccc45)c(CC)cn3c(=O)c2c1-c1c(OC)c2ccccc2c2ccccc12. The standard InChI is InChI=1S/C44H34N2O4/c1-5-25-23-45-39(35(25)37-31-19-11-7-15-27(31)29-17-9-13-21-33(29)41(37)49-3)43(47)46-24-26(6-2)36(40(46)44(45)48)38-32-20-12-8-16-28(32)30-18-10-14-22-34(30)42(38)50-4/h7-24H,5-6H2,1-4H3. The van der Waals surface area contributed by atoms with Crippen molar-refractivity contribution in [1.29, 1.82) is 0 Å². The van der Waals surface area contributed by atoms with Crippen LogP contribution in [0.25, 0.3) is 76.4 Å². The van der Waals surface area contributed by atoms with Crippen molar-refractivity contribution < 1.29 is 9.47 Å². The molecule has 9 rings (SSSR count). The van der Waals surface area contributed by atoms with E-state index in [0.717, 1.165) is 76.5 Å². The fraction of sp³-hybridized carbons (Fsp3) is 0.136. The van der Waals surface area contributed by atoms with Crippen LogP contribution in [0.5, 0.6) is 11.5 Å². The molecule has 0 spiro atoms. The van der Waals surface area contributed by atoms with Gasteiger partial charge in [-0.05, 0) is 56.3 Å². The van der Waals surface area contributed by atoms with Gasteiger partial charge in [-0.25, -0.2) is 0 Å². The van der Waals surface area contributed by atoms with Crippen molar-refractivity contribution in [3.05, 3.63) is 141 Å². The molecule has 6 heteroatoms. The first-order chi connectivity index (χ1) is 24.5. The summed E-state index contributed by atoms with van der Waals surface area (Å²) in [5.41, 5.74) is 5.10. The largest absolute Gasteiger partial charge is 0.495 e. The summed E-state index contributed by atoms with van der Waals surface area (Å²) in [5, 5.41) is 8.09. The number of aryl methyl sites for hydroxylation is 2. The molecular weight excluding hydrogens is 620 g/mol. The van der Waals surface area contributed by atoms with Gasteiger partial charge in [0.2, 0.25) is 0 Å². The van der Waals surface area contributed by atoms with Gasteiger partial charge < -0.3 is 9.47 Å². The summed E-state index contributed by atoms with van der Waals surface area (Å²) in [6.45, 7) is 4.12. The lowest BCUT2D eigenvalue weighted by Gasteiger charge is -2.18. The zero-order valence-corrected chi connectivity index (χ0v) is 28.3. The lowest BCUT2D eigenvalue weighted by atomic mass is 9.90. The van der Waals surface area contributed by atoms with Crippen LogP contribution in [-0.2, 0) is 12.8 Å². The number of fused-ring (bicyclic) bond motifs is 8. The van der Waals surface area contributed by atoms with Gasteiger partial charge in [-0.15, -0.1) is 0 Å². The number of rotatable bonds is 6. The van der Waals surface area contributed by atoms with E-state index in [4.69, 9.17) is 9.47 Å². The Morgan fingerprint density at radius 2 is 0.740 bits per heavy atom. The summed E-state index contributed by atoms with van der Waals surface area (Å²) in [7, 11) is 3.35. The molecule has 244 valence electrons. The second-order valence-electron chi connectivity index (χ2n) is 12.8. The Bertz CT molecular complexity index is 2770. The average Bonchev–Trinajstić information content (AvgIpc) is 3.75. The van der Waals surface area contributed by atoms with Crippen molar-refractivity contribution in [2.24, 2.45) is 0 Å². The Kier molecular flexibility index (Phi) is 6.71. The summed E-state index contributed by atoms with van der Waals surface area (Å²) in [4.78, 5) is 30.1. The molecule has 0 amide bonds. The molecule has 0 aliphatic heterocycles. The van der Waals surface area contributed by atoms with Crippen LogP contribution in [0.15, 0.2) is 119 Å². The molecule has 3 aromatic heterocycles. The van der Waals surface area contributed by atoms with Crippen LogP contribution in [0.3, 0.4) is 0 Å². The minimum absolute atomic E-state index is 0.251. The number of benzene rings is 6. The highest BCUT2D eigenvalue weighted by Crippen LogP contribution is 2.48. The van der Waals surface area contributed by atoms with E-state index in [2.05, 4.69) is 62.4 Å². The maximum atomic E-state index is 15.0.